The molecule has 1 fully saturated rings. The quantitative estimate of drug-likeness (QED) is 0.329. The Labute approximate surface area is 185 Å². The number of fused-ring (bicyclic) bond motifs is 1. The molecule has 4 aromatic rings. The molecule has 0 radical (unpaired) electrons. The molecule has 0 aliphatic heterocycles. The summed E-state index contributed by atoms with van der Waals surface area (Å²) in [5, 5.41) is 18.2. The van der Waals surface area contributed by atoms with Crippen LogP contribution in [0.3, 0.4) is 0 Å². The van der Waals surface area contributed by atoms with Crippen molar-refractivity contribution in [1.29, 1.82) is 0 Å². The summed E-state index contributed by atoms with van der Waals surface area (Å²) in [6.45, 7) is 0. The van der Waals surface area contributed by atoms with Gasteiger partial charge in [0.05, 0.1) is 17.8 Å². The van der Waals surface area contributed by atoms with Crippen molar-refractivity contribution in [2.75, 3.05) is 7.05 Å². The zero-order valence-corrected chi connectivity index (χ0v) is 17.8. The maximum absolute atomic E-state index is 12.3. The summed E-state index contributed by atoms with van der Waals surface area (Å²) >= 11 is 1.36. The third-order valence-corrected chi connectivity index (χ3v) is 5.92. The molecule has 1 saturated carbocycles. The number of benzene rings is 1. The maximum atomic E-state index is 12.3. The van der Waals surface area contributed by atoms with Crippen LogP contribution in [0.2, 0.25) is 0 Å². The van der Waals surface area contributed by atoms with Crippen molar-refractivity contribution in [2.45, 2.75) is 28.8 Å². The van der Waals surface area contributed by atoms with Crippen molar-refractivity contribution in [3.8, 4) is 5.88 Å². The van der Waals surface area contributed by atoms with Gasteiger partial charge in [0.15, 0.2) is 11.1 Å². The van der Waals surface area contributed by atoms with Crippen LogP contribution in [0.15, 0.2) is 56.2 Å². The lowest BCUT2D eigenvalue weighted by molar-refractivity contribution is 0.0960. The number of nitrogens with zero attached hydrogens (tertiary/aromatic N) is 4. The van der Waals surface area contributed by atoms with Gasteiger partial charge >= 0.3 is 5.69 Å². The zero-order valence-electron chi connectivity index (χ0n) is 17.0. The van der Waals surface area contributed by atoms with E-state index < -0.39 is 5.69 Å². The van der Waals surface area contributed by atoms with Crippen LogP contribution in [0.5, 0.6) is 5.88 Å². The fraction of sp³-hybridized carbons (Fsp3) is 0.190. The number of imidazole rings is 1. The standard InChI is InChI=1S/C21H19N7O3S/c1-22-19(29)13-4-2-3-5-15(13)32-17-9-16(24-12-6-7-12)28-18(26-17)11(10-23-28)8-14-20(30)27-21(31)25-14/h2-5,8-10,12,30H,6-7H2,1H3,(H,22,29)(H2,25,27,31). The monoisotopic (exact) mass is 449 g/mol. The predicted octanol–water partition coefficient (Wildman–Crippen LogP) is 0.573. The van der Waals surface area contributed by atoms with E-state index in [4.69, 9.17) is 9.98 Å². The highest BCUT2D eigenvalue weighted by Crippen LogP contribution is 2.29. The lowest BCUT2D eigenvalue weighted by Gasteiger charge is -2.08. The number of amides is 1. The first-order valence-electron chi connectivity index (χ1n) is 9.96. The Kier molecular flexibility index (Phi) is 5.02. The van der Waals surface area contributed by atoms with Gasteiger partial charge in [0.2, 0.25) is 5.88 Å². The Morgan fingerprint density at radius 3 is 2.88 bits per heavy atom. The lowest BCUT2D eigenvalue weighted by atomic mass is 10.2. The molecular formula is C21H19N7O3S. The zero-order chi connectivity index (χ0) is 22.2. The molecule has 3 heterocycles. The molecule has 4 N–H and O–H groups in total. The predicted molar refractivity (Wildman–Crippen MR) is 117 cm³/mol. The number of hydrogen-bond donors (Lipinski definition) is 4. The van der Waals surface area contributed by atoms with E-state index in [9.17, 15) is 14.7 Å². The summed E-state index contributed by atoms with van der Waals surface area (Å²) in [7, 11) is 1.59. The van der Waals surface area contributed by atoms with Gasteiger partial charge in [-0.25, -0.2) is 9.78 Å². The highest BCUT2D eigenvalue weighted by molar-refractivity contribution is 7.99. The molecule has 1 amide bonds. The molecule has 0 unspecified atom stereocenters. The number of nitrogens with one attached hydrogen (secondary N) is 3. The first-order valence-corrected chi connectivity index (χ1v) is 10.8. The molecule has 162 valence electrons. The van der Waals surface area contributed by atoms with Crippen LogP contribution in [-0.2, 0) is 0 Å². The van der Waals surface area contributed by atoms with E-state index in [0.717, 1.165) is 17.7 Å². The van der Waals surface area contributed by atoms with Gasteiger partial charge in [-0.15, -0.1) is 0 Å². The molecule has 5 rings (SSSR count). The van der Waals surface area contributed by atoms with E-state index in [-0.39, 0.29) is 23.5 Å². The fourth-order valence-corrected chi connectivity index (χ4v) is 4.16. The molecule has 1 aliphatic rings. The van der Waals surface area contributed by atoms with Crippen LogP contribution in [0.25, 0.3) is 11.7 Å². The largest absolute Gasteiger partial charge is 0.493 e. The van der Waals surface area contributed by atoms with Crippen LogP contribution >= 0.6 is 11.8 Å². The van der Waals surface area contributed by atoms with Crippen molar-refractivity contribution in [3.05, 3.63) is 69.0 Å². The molecular weight excluding hydrogens is 430 g/mol. The second-order valence-electron chi connectivity index (χ2n) is 7.31. The normalized spacial score (nSPS) is 14.9. The summed E-state index contributed by atoms with van der Waals surface area (Å²) < 4.78 is 1.64. The van der Waals surface area contributed by atoms with Gasteiger partial charge in [0, 0.05) is 23.2 Å². The average Bonchev–Trinajstić information content (AvgIpc) is 3.42. The van der Waals surface area contributed by atoms with Gasteiger partial charge in [-0.3, -0.25) is 14.8 Å². The molecule has 0 saturated heterocycles. The van der Waals surface area contributed by atoms with E-state index in [1.54, 1.807) is 29.9 Å². The number of carbonyl (C=O) groups excluding carboxylic acids is 1. The van der Waals surface area contributed by atoms with E-state index in [2.05, 4.69) is 20.4 Å². The third-order valence-electron chi connectivity index (χ3n) is 4.93. The molecule has 0 atom stereocenters. The van der Waals surface area contributed by atoms with Crippen molar-refractivity contribution in [3.63, 3.8) is 0 Å². The first kappa shape index (κ1) is 20.1. The minimum atomic E-state index is -0.510. The van der Waals surface area contributed by atoms with Gasteiger partial charge < -0.3 is 15.4 Å². The average molecular weight is 449 g/mol. The summed E-state index contributed by atoms with van der Waals surface area (Å²) in [4.78, 5) is 38.8. The van der Waals surface area contributed by atoms with Crippen LogP contribution < -0.4 is 21.7 Å². The second kappa shape index (κ2) is 8.00. The van der Waals surface area contributed by atoms with E-state index in [1.807, 2.05) is 24.3 Å². The number of aromatic nitrogens is 5. The molecule has 0 spiro atoms. The topological polar surface area (TPSA) is 141 Å². The summed E-state index contributed by atoms with van der Waals surface area (Å²) in [5.74, 6) is -0.440. The fourth-order valence-electron chi connectivity index (χ4n) is 3.22. The molecule has 3 aromatic heterocycles. The SMILES string of the molecule is CNC(=O)c1ccccc1Sc1cc(=NC2CC2)n2ncc(=Cc3[nH]c(=O)[nH]c3O)c2n1. The molecule has 0 bridgehead atoms. The Morgan fingerprint density at radius 1 is 1.34 bits per heavy atom. The van der Waals surface area contributed by atoms with Crippen LogP contribution in [0.4, 0.5) is 0 Å². The Hall–Kier alpha value is -3.86. The number of hydrogen-bond acceptors (Lipinski definition) is 7. The van der Waals surface area contributed by atoms with Crippen molar-refractivity contribution in [2.24, 2.45) is 4.99 Å². The van der Waals surface area contributed by atoms with Gasteiger partial charge in [-0.05, 0) is 31.1 Å². The molecule has 32 heavy (non-hydrogen) atoms. The van der Waals surface area contributed by atoms with E-state index in [0.29, 0.717) is 26.9 Å². The smallest absolute Gasteiger partial charge is 0.326 e. The highest BCUT2D eigenvalue weighted by atomic mass is 32.2. The number of carbonyl (C=O) groups is 1. The Balaban J connectivity index is 1.67. The van der Waals surface area contributed by atoms with Crippen molar-refractivity contribution >= 4 is 29.4 Å². The molecule has 10 nitrogen and oxygen atoms in total. The minimum Gasteiger partial charge on any atom is -0.493 e. The number of rotatable bonds is 5. The Bertz CT molecular complexity index is 1510. The highest BCUT2D eigenvalue weighted by Gasteiger charge is 2.20. The van der Waals surface area contributed by atoms with Crippen molar-refractivity contribution < 1.29 is 9.90 Å². The number of H-pyrrole nitrogens is 2. The number of aromatic hydroxyl groups is 1. The third kappa shape index (κ3) is 3.89. The summed E-state index contributed by atoms with van der Waals surface area (Å²) in [5.41, 5.74) is 1.45. The van der Waals surface area contributed by atoms with Gasteiger partial charge in [-0.2, -0.15) is 9.61 Å². The minimum absolute atomic E-state index is 0.178. The molecule has 1 aliphatic carbocycles. The maximum Gasteiger partial charge on any atom is 0.326 e. The number of aromatic amines is 2. The van der Waals surface area contributed by atoms with Gasteiger partial charge in [0.25, 0.3) is 5.91 Å². The van der Waals surface area contributed by atoms with E-state index in [1.165, 1.54) is 11.8 Å². The molecule has 11 heteroatoms. The van der Waals surface area contributed by atoms with Gasteiger partial charge in [-0.1, -0.05) is 23.9 Å². The lowest BCUT2D eigenvalue weighted by Crippen LogP contribution is -2.20. The summed E-state index contributed by atoms with van der Waals surface area (Å²) in [6, 6.07) is 9.42. The summed E-state index contributed by atoms with van der Waals surface area (Å²) in [6.07, 6.45) is 5.26. The Morgan fingerprint density at radius 2 is 2.16 bits per heavy atom. The van der Waals surface area contributed by atoms with Crippen LogP contribution in [0, 0.1) is 0 Å². The van der Waals surface area contributed by atoms with Gasteiger partial charge in [0.1, 0.15) is 10.7 Å². The second-order valence-corrected chi connectivity index (χ2v) is 8.37. The molecule has 1 aromatic carbocycles. The van der Waals surface area contributed by atoms with Crippen LogP contribution in [0.1, 0.15) is 28.9 Å². The van der Waals surface area contributed by atoms with Crippen LogP contribution in [-0.4, -0.2) is 48.7 Å². The first-order chi connectivity index (χ1) is 15.5. The van der Waals surface area contributed by atoms with E-state index >= 15 is 0 Å². The van der Waals surface area contributed by atoms with Crippen molar-refractivity contribution in [1.82, 2.24) is 29.9 Å².